The van der Waals surface area contributed by atoms with Crippen molar-refractivity contribution in [2.45, 2.75) is 38.8 Å². The highest BCUT2D eigenvalue weighted by Gasteiger charge is 2.23. The molecule has 0 amide bonds. The molecule has 1 aliphatic rings. The van der Waals surface area contributed by atoms with Crippen LogP contribution in [0.15, 0.2) is 4.60 Å². The maximum Gasteiger partial charge on any atom is 0.129 e. The predicted molar refractivity (Wildman–Crippen MR) is 55.5 cm³/mol. The molecule has 72 valence electrons. The Morgan fingerprint density at radius 3 is 3.15 bits per heavy atom. The van der Waals surface area contributed by atoms with E-state index in [1.807, 2.05) is 0 Å². The third-order valence-electron chi connectivity index (χ3n) is 2.61. The van der Waals surface area contributed by atoms with Gasteiger partial charge in [0.05, 0.1) is 5.69 Å². The second kappa shape index (κ2) is 3.42. The number of aryl methyl sites for hydroxylation is 1. The lowest BCUT2D eigenvalue weighted by molar-refractivity contribution is 0.451. The average Bonchev–Trinajstić information content (AvgIpc) is 2.44. The maximum atomic E-state index is 6.02. The van der Waals surface area contributed by atoms with Crippen LogP contribution in [0.25, 0.3) is 0 Å². The van der Waals surface area contributed by atoms with Gasteiger partial charge in [0.2, 0.25) is 0 Å². The minimum atomic E-state index is 0.163. The minimum absolute atomic E-state index is 0.163. The second-order valence-electron chi connectivity index (χ2n) is 3.46. The summed E-state index contributed by atoms with van der Waals surface area (Å²) in [7, 11) is 0. The highest BCUT2D eigenvalue weighted by molar-refractivity contribution is 9.10. The molecular formula is C9H14BrN3. The summed E-state index contributed by atoms with van der Waals surface area (Å²) in [4.78, 5) is 4.46. The van der Waals surface area contributed by atoms with Crippen LogP contribution in [0.3, 0.4) is 0 Å². The van der Waals surface area contributed by atoms with Gasteiger partial charge in [-0.3, -0.25) is 0 Å². The molecule has 0 aliphatic carbocycles. The number of nitrogens with zero attached hydrogens (tertiary/aromatic N) is 2. The standard InChI is InChI=1S/C9H14BrN3/c1-2-7-12-9(10)8-6(11)4-3-5-13(7)8/h6H,2-5,11H2,1H3. The van der Waals surface area contributed by atoms with E-state index in [0.717, 1.165) is 29.8 Å². The SMILES string of the molecule is CCc1nc(Br)c2n1CCCC2N. The van der Waals surface area contributed by atoms with Crippen molar-refractivity contribution < 1.29 is 0 Å². The van der Waals surface area contributed by atoms with E-state index < -0.39 is 0 Å². The number of fused-ring (bicyclic) bond motifs is 1. The van der Waals surface area contributed by atoms with E-state index >= 15 is 0 Å². The zero-order chi connectivity index (χ0) is 9.42. The van der Waals surface area contributed by atoms with Gasteiger partial charge in [-0.1, -0.05) is 6.92 Å². The van der Waals surface area contributed by atoms with Gasteiger partial charge in [0, 0.05) is 19.0 Å². The molecule has 0 fully saturated rings. The van der Waals surface area contributed by atoms with Crippen molar-refractivity contribution in [2.24, 2.45) is 5.73 Å². The molecule has 4 heteroatoms. The van der Waals surface area contributed by atoms with Crippen LogP contribution in [-0.4, -0.2) is 9.55 Å². The second-order valence-corrected chi connectivity index (χ2v) is 4.21. The molecule has 0 saturated carbocycles. The van der Waals surface area contributed by atoms with Crippen molar-refractivity contribution >= 4 is 15.9 Å². The number of nitrogens with two attached hydrogens (primary N) is 1. The van der Waals surface area contributed by atoms with Crippen LogP contribution in [0.2, 0.25) is 0 Å². The normalized spacial score (nSPS) is 21.6. The quantitative estimate of drug-likeness (QED) is 0.821. The Labute approximate surface area is 86.5 Å². The van der Waals surface area contributed by atoms with E-state index in [-0.39, 0.29) is 6.04 Å². The average molecular weight is 244 g/mol. The van der Waals surface area contributed by atoms with Crippen LogP contribution in [0, 0.1) is 0 Å². The zero-order valence-corrected chi connectivity index (χ0v) is 9.34. The summed E-state index contributed by atoms with van der Waals surface area (Å²) in [5.74, 6) is 1.15. The third kappa shape index (κ3) is 1.42. The Hall–Kier alpha value is -0.350. The summed E-state index contributed by atoms with van der Waals surface area (Å²) < 4.78 is 3.20. The molecule has 1 unspecified atom stereocenters. The Bertz CT molecular complexity index is 319. The number of hydrogen-bond donors (Lipinski definition) is 1. The van der Waals surface area contributed by atoms with Crippen LogP contribution in [0.1, 0.15) is 37.3 Å². The van der Waals surface area contributed by atoms with Gasteiger partial charge in [0.25, 0.3) is 0 Å². The summed E-state index contributed by atoms with van der Waals surface area (Å²) in [5, 5.41) is 0. The Morgan fingerprint density at radius 1 is 1.69 bits per heavy atom. The molecule has 3 nitrogen and oxygen atoms in total. The molecular weight excluding hydrogens is 230 g/mol. The fraction of sp³-hybridized carbons (Fsp3) is 0.667. The van der Waals surface area contributed by atoms with Gasteiger partial charge in [0.15, 0.2) is 0 Å². The number of hydrogen-bond acceptors (Lipinski definition) is 2. The fourth-order valence-electron chi connectivity index (χ4n) is 1.96. The maximum absolute atomic E-state index is 6.02. The summed E-state index contributed by atoms with van der Waals surface area (Å²) in [6.45, 7) is 3.20. The summed E-state index contributed by atoms with van der Waals surface area (Å²) in [6, 6.07) is 0.163. The first-order chi connectivity index (χ1) is 6.24. The number of halogens is 1. The molecule has 0 radical (unpaired) electrons. The van der Waals surface area contributed by atoms with Gasteiger partial charge in [-0.25, -0.2) is 4.98 Å². The van der Waals surface area contributed by atoms with Gasteiger partial charge >= 0.3 is 0 Å². The number of imidazole rings is 1. The molecule has 1 aliphatic heterocycles. The summed E-state index contributed by atoms with van der Waals surface area (Å²) in [6.07, 6.45) is 3.22. The first kappa shape index (κ1) is 9.21. The van der Waals surface area contributed by atoms with Crippen molar-refractivity contribution in [1.29, 1.82) is 0 Å². The monoisotopic (exact) mass is 243 g/mol. The molecule has 2 rings (SSSR count). The lowest BCUT2D eigenvalue weighted by atomic mass is 10.1. The fourth-order valence-corrected chi connectivity index (χ4v) is 2.67. The van der Waals surface area contributed by atoms with Crippen molar-refractivity contribution in [1.82, 2.24) is 9.55 Å². The topological polar surface area (TPSA) is 43.8 Å². The van der Waals surface area contributed by atoms with Gasteiger partial charge in [-0.05, 0) is 28.8 Å². The van der Waals surface area contributed by atoms with E-state index in [9.17, 15) is 0 Å². The van der Waals surface area contributed by atoms with Gasteiger partial charge in [-0.2, -0.15) is 0 Å². The molecule has 2 heterocycles. The van der Waals surface area contributed by atoms with E-state index in [4.69, 9.17) is 5.73 Å². The van der Waals surface area contributed by atoms with E-state index in [0.29, 0.717) is 0 Å². The summed E-state index contributed by atoms with van der Waals surface area (Å²) >= 11 is 3.47. The molecule has 2 N–H and O–H groups in total. The van der Waals surface area contributed by atoms with Crippen molar-refractivity contribution in [3.05, 3.63) is 16.1 Å². The van der Waals surface area contributed by atoms with E-state index in [2.05, 4.69) is 32.4 Å². The molecule has 13 heavy (non-hydrogen) atoms. The Balaban J connectivity index is 2.51. The zero-order valence-electron chi connectivity index (χ0n) is 7.76. The Morgan fingerprint density at radius 2 is 2.46 bits per heavy atom. The molecule has 1 aromatic heterocycles. The van der Waals surface area contributed by atoms with Gasteiger partial charge < -0.3 is 10.3 Å². The van der Waals surface area contributed by atoms with Crippen molar-refractivity contribution in [3.63, 3.8) is 0 Å². The summed E-state index contributed by atoms with van der Waals surface area (Å²) in [5.41, 5.74) is 7.21. The number of rotatable bonds is 1. The van der Waals surface area contributed by atoms with Crippen LogP contribution in [-0.2, 0) is 13.0 Å². The first-order valence-corrected chi connectivity index (χ1v) is 5.53. The highest BCUT2D eigenvalue weighted by Crippen LogP contribution is 2.30. The van der Waals surface area contributed by atoms with Crippen LogP contribution < -0.4 is 5.73 Å². The highest BCUT2D eigenvalue weighted by atomic mass is 79.9. The first-order valence-electron chi connectivity index (χ1n) is 4.74. The molecule has 0 spiro atoms. The molecule has 1 aromatic rings. The minimum Gasteiger partial charge on any atom is -0.330 e. The number of aromatic nitrogens is 2. The molecule has 0 bridgehead atoms. The molecule has 0 saturated heterocycles. The van der Waals surface area contributed by atoms with Crippen LogP contribution in [0.4, 0.5) is 0 Å². The van der Waals surface area contributed by atoms with Gasteiger partial charge in [0.1, 0.15) is 10.4 Å². The predicted octanol–water partition coefficient (Wildman–Crippen LogP) is 2.00. The Kier molecular flexibility index (Phi) is 2.43. The van der Waals surface area contributed by atoms with Crippen molar-refractivity contribution in [2.75, 3.05) is 0 Å². The largest absolute Gasteiger partial charge is 0.330 e. The van der Waals surface area contributed by atoms with Crippen LogP contribution >= 0.6 is 15.9 Å². The van der Waals surface area contributed by atoms with E-state index in [1.165, 1.54) is 12.1 Å². The molecule has 0 aromatic carbocycles. The van der Waals surface area contributed by atoms with Gasteiger partial charge in [-0.15, -0.1) is 0 Å². The smallest absolute Gasteiger partial charge is 0.129 e. The molecule has 1 atom stereocenters. The van der Waals surface area contributed by atoms with E-state index in [1.54, 1.807) is 0 Å². The van der Waals surface area contributed by atoms with Crippen molar-refractivity contribution in [3.8, 4) is 0 Å². The lowest BCUT2D eigenvalue weighted by Gasteiger charge is -2.22. The lowest BCUT2D eigenvalue weighted by Crippen LogP contribution is -2.22. The van der Waals surface area contributed by atoms with Crippen LogP contribution in [0.5, 0.6) is 0 Å². The third-order valence-corrected chi connectivity index (χ3v) is 3.19.